The van der Waals surface area contributed by atoms with Crippen LogP contribution in [0.1, 0.15) is 52.2 Å². The molecule has 1 fully saturated rings. The molecule has 13 heteroatoms. The third-order valence-corrected chi connectivity index (χ3v) is 9.81. The number of likely N-dealkylation sites (N-methyl/N-ethyl adjacent to an activating group) is 1. The first-order valence-corrected chi connectivity index (χ1v) is 16.6. The number of hydrogen-bond donors (Lipinski definition) is 3. The second-order valence-electron chi connectivity index (χ2n) is 12.9. The largest absolute Gasteiger partial charge is 0.392 e. The number of halogens is 1. The second-order valence-corrected chi connectivity index (χ2v) is 13.3. The van der Waals surface area contributed by atoms with Crippen molar-refractivity contribution in [2.24, 2.45) is 7.05 Å². The molecule has 0 spiro atoms. The summed E-state index contributed by atoms with van der Waals surface area (Å²) in [6.45, 7) is 9.51. The van der Waals surface area contributed by atoms with Crippen molar-refractivity contribution in [3.63, 3.8) is 0 Å². The molecule has 12 nitrogen and oxygen atoms in total. The van der Waals surface area contributed by atoms with Crippen LogP contribution < -0.4 is 15.5 Å². The number of carbonyl (C=O) groups is 1. The summed E-state index contributed by atoms with van der Waals surface area (Å²) in [6, 6.07) is 7.69. The normalized spacial score (nSPS) is 17.1. The average Bonchev–Trinajstić information content (AvgIpc) is 3.33. The van der Waals surface area contributed by atoms with Gasteiger partial charge in [0.25, 0.3) is 5.91 Å². The van der Waals surface area contributed by atoms with Crippen molar-refractivity contribution in [2.75, 3.05) is 55.3 Å². The molecule has 4 aromatic rings. The number of anilines is 4. The Hall–Kier alpha value is -4.10. The van der Waals surface area contributed by atoms with E-state index < -0.39 is 6.10 Å². The number of rotatable bonds is 8. The number of β-amino-alcohol motifs (C(OH)–C–C–N with tert-alkyl or cyclic N) is 1. The fourth-order valence-corrected chi connectivity index (χ4v) is 6.95. The first-order chi connectivity index (χ1) is 22.7. The zero-order chi connectivity index (χ0) is 32.8. The second kappa shape index (κ2) is 12.8. The van der Waals surface area contributed by atoms with Gasteiger partial charge in [-0.3, -0.25) is 14.7 Å². The number of aromatic nitrogens is 5. The van der Waals surface area contributed by atoms with Crippen LogP contribution in [0.4, 0.5) is 23.1 Å². The molecule has 1 unspecified atom stereocenters. The average molecular weight is 657 g/mol. The van der Waals surface area contributed by atoms with Crippen LogP contribution >= 0.6 is 11.6 Å². The molecule has 1 amide bonds. The lowest BCUT2D eigenvalue weighted by atomic mass is 10.0. The maximum absolute atomic E-state index is 13.4. The topological polar surface area (TPSA) is 128 Å². The van der Waals surface area contributed by atoms with Crippen LogP contribution in [0.2, 0.25) is 5.02 Å². The first-order valence-electron chi connectivity index (χ1n) is 16.3. The van der Waals surface area contributed by atoms with E-state index in [2.05, 4.69) is 42.3 Å². The van der Waals surface area contributed by atoms with Gasteiger partial charge in [-0.15, -0.1) is 0 Å². The highest BCUT2D eigenvalue weighted by Crippen LogP contribution is 2.38. The molecule has 7 rings (SSSR count). The zero-order valence-corrected chi connectivity index (χ0v) is 28.1. The van der Waals surface area contributed by atoms with E-state index in [9.17, 15) is 9.90 Å². The molecule has 3 aliphatic rings. The van der Waals surface area contributed by atoms with Crippen LogP contribution in [0.5, 0.6) is 0 Å². The van der Waals surface area contributed by atoms with E-state index in [0.29, 0.717) is 35.3 Å². The molecule has 1 saturated heterocycles. The van der Waals surface area contributed by atoms with Crippen LogP contribution in [-0.4, -0.2) is 91.2 Å². The van der Waals surface area contributed by atoms with Gasteiger partial charge in [0.1, 0.15) is 5.82 Å². The van der Waals surface area contributed by atoms with Crippen LogP contribution in [0, 0.1) is 6.92 Å². The zero-order valence-electron chi connectivity index (χ0n) is 27.3. The molecule has 6 heterocycles. The number of imidazole rings is 1. The molecular formula is C34H41ClN10O2. The molecule has 1 atom stereocenters. The monoisotopic (exact) mass is 656 g/mol. The van der Waals surface area contributed by atoms with Gasteiger partial charge >= 0.3 is 0 Å². The molecule has 0 radical (unpaired) electrons. The van der Waals surface area contributed by atoms with Crippen molar-refractivity contribution in [1.82, 2.24) is 34.3 Å². The van der Waals surface area contributed by atoms with Gasteiger partial charge in [-0.1, -0.05) is 23.7 Å². The van der Waals surface area contributed by atoms with Crippen molar-refractivity contribution < 1.29 is 9.90 Å². The van der Waals surface area contributed by atoms with Crippen molar-refractivity contribution in [3.8, 4) is 11.3 Å². The maximum Gasteiger partial charge on any atom is 0.291 e. The minimum Gasteiger partial charge on any atom is -0.392 e. The SMILES string of the molecule is Cc1c(Nc2nc(N3CCC3)nc3c2CCN(CC(C)O)C3)cccc1-c1nccc(NC(=O)c2nc3c(n2C)CCN(C)C3)c1Cl. The van der Waals surface area contributed by atoms with Crippen LogP contribution in [0.3, 0.4) is 0 Å². The summed E-state index contributed by atoms with van der Waals surface area (Å²) in [5.74, 6) is 1.59. The summed E-state index contributed by atoms with van der Waals surface area (Å²) in [5.41, 5.74) is 7.87. The molecule has 3 aliphatic heterocycles. The molecule has 3 N–H and O–H groups in total. The Bertz CT molecular complexity index is 1840. The Morgan fingerprint density at radius 1 is 1.02 bits per heavy atom. The fourth-order valence-electron chi connectivity index (χ4n) is 6.69. The maximum atomic E-state index is 13.4. The number of nitrogens with zero attached hydrogens (tertiary/aromatic N) is 8. The highest BCUT2D eigenvalue weighted by Gasteiger charge is 2.28. The number of fused-ring (bicyclic) bond motifs is 2. The van der Waals surface area contributed by atoms with E-state index in [1.54, 1.807) is 12.3 Å². The third kappa shape index (κ3) is 6.18. The Morgan fingerprint density at radius 3 is 2.62 bits per heavy atom. The first kappa shape index (κ1) is 31.5. The van der Waals surface area contributed by atoms with Gasteiger partial charge in [-0.05, 0) is 51.4 Å². The summed E-state index contributed by atoms with van der Waals surface area (Å²) >= 11 is 6.96. The molecule has 47 heavy (non-hydrogen) atoms. The number of hydrogen-bond acceptors (Lipinski definition) is 10. The summed E-state index contributed by atoms with van der Waals surface area (Å²) in [7, 11) is 3.95. The van der Waals surface area contributed by atoms with Gasteiger partial charge in [-0.2, -0.15) is 4.98 Å². The highest BCUT2D eigenvalue weighted by molar-refractivity contribution is 6.36. The predicted molar refractivity (Wildman–Crippen MR) is 183 cm³/mol. The van der Waals surface area contributed by atoms with Gasteiger partial charge in [-0.25, -0.2) is 9.97 Å². The summed E-state index contributed by atoms with van der Waals surface area (Å²) in [6.07, 6.45) is 4.03. The van der Waals surface area contributed by atoms with E-state index in [1.165, 1.54) is 0 Å². The Labute approximate surface area is 279 Å². The summed E-state index contributed by atoms with van der Waals surface area (Å²) < 4.78 is 1.89. The Balaban J connectivity index is 1.17. The number of amides is 1. The lowest BCUT2D eigenvalue weighted by molar-refractivity contribution is 0.101. The van der Waals surface area contributed by atoms with Crippen molar-refractivity contribution >= 4 is 40.6 Å². The minimum absolute atomic E-state index is 0.311. The molecule has 0 saturated carbocycles. The van der Waals surface area contributed by atoms with Gasteiger partial charge < -0.3 is 30.1 Å². The Morgan fingerprint density at radius 2 is 1.85 bits per heavy atom. The van der Waals surface area contributed by atoms with Crippen molar-refractivity contribution in [1.29, 1.82) is 0 Å². The molecular weight excluding hydrogens is 616 g/mol. The van der Waals surface area contributed by atoms with Crippen LogP contribution in [0.25, 0.3) is 11.3 Å². The lowest BCUT2D eigenvalue weighted by Gasteiger charge is -2.34. The number of pyridine rings is 1. The van der Waals surface area contributed by atoms with E-state index in [-0.39, 0.29) is 5.91 Å². The van der Waals surface area contributed by atoms with E-state index in [1.807, 2.05) is 43.7 Å². The summed E-state index contributed by atoms with van der Waals surface area (Å²) in [4.78, 5) is 39.3. The summed E-state index contributed by atoms with van der Waals surface area (Å²) in [5, 5.41) is 17.0. The molecule has 246 valence electrons. The molecule has 1 aromatic carbocycles. The van der Waals surface area contributed by atoms with Crippen molar-refractivity contribution in [2.45, 2.75) is 52.3 Å². The van der Waals surface area contributed by atoms with Crippen LogP contribution in [-0.2, 0) is 33.0 Å². The van der Waals surface area contributed by atoms with Gasteiger partial charge in [0.2, 0.25) is 5.95 Å². The van der Waals surface area contributed by atoms with Crippen molar-refractivity contribution in [3.05, 3.63) is 69.5 Å². The molecule has 0 aliphatic carbocycles. The lowest BCUT2D eigenvalue weighted by Crippen LogP contribution is -2.40. The van der Waals surface area contributed by atoms with E-state index in [0.717, 1.165) is 103 Å². The molecule has 0 bridgehead atoms. The smallest absolute Gasteiger partial charge is 0.291 e. The number of benzene rings is 1. The van der Waals surface area contributed by atoms with Gasteiger partial charge in [0.15, 0.2) is 5.82 Å². The van der Waals surface area contributed by atoms with E-state index in [4.69, 9.17) is 21.6 Å². The van der Waals surface area contributed by atoms with Gasteiger partial charge in [0, 0.05) is 88.0 Å². The Kier molecular flexibility index (Phi) is 8.60. The van der Waals surface area contributed by atoms with E-state index >= 15 is 0 Å². The minimum atomic E-state index is -0.397. The quantitative estimate of drug-likeness (QED) is 0.254. The predicted octanol–water partition coefficient (Wildman–Crippen LogP) is 4.17. The number of aliphatic hydroxyl groups is 1. The van der Waals surface area contributed by atoms with Crippen LogP contribution in [0.15, 0.2) is 30.5 Å². The molecule has 3 aromatic heterocycles. The standard InChI is InChI=1S/C34H41ClN10O2/c1-20(46)17-44-16-10-23-26(19-44)40-34(45-13-6-14-45)41-31(23)37-24-8-5-7-22(21(24)2)30-29(35)25(9-12-36-30)39-33(47)32-38-27-18-42(3)15-11-28(27)43(32)4/h5,7-9,12,20,46H,6,10-11,13-19H2,1-4H3,(H,36,39,47)(H,37,40,41). The number of aliphatic hydroxyl groups excluding tert-OH is 1. The third-order valence-electron chi connectivity index (χ3n) is 9.42. The number of carbonyl (C=O) groups excluding carboxylic acids is 1. The highest BCUT2D eigenvalue weighted by atomic mass is 35.5. The fraction of sp³-hybridized carbons (Fsp3) is 0.441. The number of nitrogens with one attached hydrogen (secondary N) is 2. The van der Waals surface area contributed by atoms with Gasteiger partial charge in [0.05, 0.1) is 33.9 Å².